The summed E-state index contributed by atoms with van der Waals surface area (Å²) in [5.41, 5.74) is -0.296. The molecule has 29 heavy (non-hydrogen) atoms. The van der Waals surface area contributed by atoms with Gasteiger partial charge in [-0.2, -0.15) is 0 Å². The van der Waals surface area contributed by atoms with Crippen molar-refractivity contribution in [2.75, 3.05) is 0 Å². The summed E-state index contributed by atoms with van der Waals surface area (Å²) in [4.78, 5) is 37.8. The van der Waals surface area contributed by atoms with Crippen LogP contribution in [0.3, 0.4) is 0 Å². The second-order valence-corrected chi connectivity index (χ2v) is 8.10. The molecule has 2 amide bonds. The highest BCUT2D eigenvalue weighted by Crippen LogP contribution is 2.54. The minimum Gasteiger partial charge on any atom is -0.443 e. The third-order valence-electron chi connectivity index (χ3n) is 5.18. The maximum absolute atomic E-state index is 13.3. The van der Waals surface area contributed by atoms with Crippen molar-refractivity contribution >= 4 is 17.7 Å². The molecule has 1 aliphatic rings. The zero-order valence-electron chi connectivity index (χ0n) is 16.9. The van der Waals surface area contributed by atoms with E-state index in [-0.39, 0.29) is 11.6 Å². The predicted octanol–water partition coefficient (Wildman–Crippen LogP) is 4.76. The van der Waals surface area contributed by atoms with Gasteiger partial charge in [0.25, 0.3) is 5.69 Å². The van der Waals surface area contributed by atoms with Crippen LogP contribution in [0.5, 0.6) is 0 Å². The first-order valence-corrected chi connectivity index (χ1v) is 9.48. The van der Waals surface area contributed by atoms with Gasteiger partial charge in [0.1, 0.15) is 5.60 Å². The topological polar surface area (TPSA) is 89.8 Å². The SMILES string of the molecule is CC[C@]1(c2ccccc2)C(=O)N(C(=O)OC(C)(C)C)[C@@H]1c1ccc([N+](=O)[O-])cc1. The summed E-state index contributed by atoms with van der Waals surface area (Å²) >= 11 is 0. The molecule has 7 nitrogen and oxygen atoms in total. The monoisotopic (exact) mass is 396 g/mol. The van der Waals surface area contributed by atoms with Gasteiger partial charge in [-0.3, -0.25) is 14.9 Å². The predicted molar refractivity (Wildman–Crippen MR) is 107 cm³/mol. The lowest BCUT2D eigenvalue weighted by atomic mass is 9.62. The number of non-ortho nitro benzene ring substituents is 1. The molecule has 2 aromatic carbocycles. The van der Waals surface area contributed by atoms with Crippen molar-refractivity contribution in [1.29, 1.82) is 0 Å². The fourth-order valence-electron chi connectivity index (χ4n) is 3.88. The Morgan fingerprint density at radius 3 is 2.21 bits per heavy atom. The van der Waals surface area contributed by atoms with Crippen LogP contribution < -0.4 is 0 Å². The fraction of sp³-hybridized carbons (Fsp3) is 0.364. The zero-order valence-corrected chi connectivity index (χ0v) is 16.9. The van der Waals surface area contributed by atoms with Crippen molar-refractivity contribution in [2.45, 2.75) is 51.2 Å². The number of β-lactam (4-membered cyclic amide) rings is 1. The van der Waals surface area contributed by atoms with Gasteiger partial charge < -0.3 is 4.74 Å². The maximum Gasteiger partial charge on any atom is 0.417 e. The first-order chi connectivity index (χ1) is 13.6. The molecular formula is C22H24N2O5. The van der Waals surface area contributed by atoms with Crippen LogP contribution in [0.2, 0.25) is 0 Å². The molecule has 0 bridgehead atoms. The summed E-state index contributed by atoms with van der Waals surface area (Å²) in [6.45, 7) is 7.11. The minimum atomic E-state index is -0.936. The van der Waals surface area contributed by atoms with E-state index in [0.29, 0.717) is 12.0 Å². The van der Waals surface area contributed by atoms with Gasteiger partial charge >= 0.3 is 6.09 Å². The van der Waals surface area contributed by atoms with Gasteiger partial charge in [0, 0.05) is 12.1 Å². The number of nitro groups is 1. The van der Waals surface area contributed by atoms with E-state index in [0.717, 1.165) is 10.5 Å². The molecule has 3 rings (SSSR count). The molecule has 2 aromatic rings. The Bertz CT molecular complexity index is 934. The highest BCUT2D eigenvalue weighted by molar-refractivity contribution is 6.06. The second kappa shape index (κ2) is 7.31. The summed E-state index contributed by atoms with van der Waals surface area (Å²) in [5.74, 6) is -0.330. The molecule has 1 aliphatic heterocycles. The van der Waals surface area contributed by atoms with Crippen molar-refractivity contribution in [3.8, 4) is 0 Å². The number of nitrogens with zero attached hydrogens (tertiary/aromatic N) is 2. The summed E-state index contributed by atoms with van der Waals surface area (Å²) in [6.07, 6.45) is -0.248. The maximum atomic E-state index is 13.3. The molecule has 0 spiro atoms. The van der Waals surface area contributed by atoms with E-state index < -0.39 is 28.1 Å². The van der Waals surface area contributed by atoms with Crippen molar-refractivity contribution in [2.24, 2.45) is 0 Å². The Labute approximate surface area is 169 Å². The Morgan fingerprint density at radius 2 is 1.72 bits per heavy atom. The largest absolute Gasteiger partial charge is 0.443 e. The van der Waals surface area contributed by atoms with E-state index in [9.17, 15) is 19.7 Å². The van der Waals surface area contributed by atoms with Gasteiger partial charge in [0.05, 0.1) is 16.4 Å². The average Bonchev–Trinajstić information content (AvgIpc) is 2.66. The quantitative estimate of drug-likeness (QED) is 0.422. The number of rotatable bonds is 4. The first-order valence-electron chi connectivity index (χ1n) is 9.48. The highest BCUT2D eigenvalue weighted by atomic mass is 16.6. The van der Waals surface area contributed by atoms with Crippen LogP contribution in [-0.2, 0) is 14.9 Å². The number of carbonyl (C=O) groups is 2. The Morgan fingerprint density at radius 1 is 1.14 bits per heavy atom. The summed E-state index contributed by atoms with van der Waals surface area (Å²) < 4.78 is 5.46. The standard InChI is InChI=1S/C22H24N2O5/c1-5-22(16-9-7-6-8-10-16)18(15-11-13-17(14-12-15)24(27)28)23(19(22)25)20(26)29-21(2,3)4/h6-14,18H,5H2,1-4H3/t18-,22-/m1/s1. The number of carbonyl (C=O) groups excluding carboxylic acids is 2. The molecule has 1 fully saturated rings. The van der Waals surface area contributed by atoms with Crippen LogP contribution >= 0.6 is 0 Å². The Balaban J connectivity index is 2.10. The third-order valence-corrected chi connectivity index (χ3v) is 5.18. The molecule has 0 N–H and O–H groups in total. The van der Waals surface area contributed by atoms with Crippen LogP contribution in [0.1, 0.15) is 51.3 Å². The smallest absolute Gasteiger partial charge is 0.417 e. The number of benzene rings is 2. The molecule has 0 unspecified atom stereocenters. The lowest BCUT2D eigenvalue weighted by molar-refractivity contribution is -0.384. The zero-order chi connectivity index (χ0) is 21.4. The highest BCUT2D eigenvalue weighted by Gasteiger charge is 2.64. The van der Waals surface area contributed by atoms with E-state index in [4.69, 9.17) is 4.74 Å². The molecule has 0 aromatic heterocycles. The second-order valence-electron chi connectivity index (χ2n) is 8.10. The number of likely N-dealkylation sites (tertiary alicyclic amines) is 1. The molecule has 152 valence electrons. The van der Waals surface area contributed by atoms with Gasteiger partial charge in [-0.1, -0.05) is 49.4 Å². The van der Waals surface area contributed by atoms with Gasteiger partial charge in [-0.05, 0) is 38.3 Å². The molecule has 7 heteroatoms. The number of imide groups is 1. The summed E-state index contributed by atoms with van der Waals surface area (Å²) in [5, 5.41) is 11.0. The van der Waals surface area contributed by atoms with Gasteiger partial charge in [0.2, 0.25) is 5.91 Å². The normalized spacial score (nSPS) is 21.4. The molecule has 0 saturated carbocycles. The lowest BCUT2D eigenvalue weighted by Gasteiger charge is -2.54. The number of hydrogen-bond donors (Lipinski definition) is 0. The fourth-order valence-corrected chi connectivity index (χ4v) is 3.88. The van der Waals surface area contributed by atoms with E-state index in [1.165, 1.54) is 12.1 Å². The van der Waals surface area contributed by atoms with Crippen LogP contribution in [0.4, 0.5) is 10.5 Å². The molecule has 1 heterocycles. The number of nitro benzene ring substituents is 1. The molecule has 0 aliphatic carbocycles. The molecule has 0 radical (unpaired) electrons. The third kappa shape index (κ3) is 3.48. The van der Waals surface area contributed by atoms with Crippen LogP contribution in [-0.4, -0.2) is 27.4 Å². The number of amides is 2. The average molecular weight is 396 g/mol. The van der Waals surface area contributed by atoms with Crippen molar-refractivity contribution in [3.63, 3.8) is 0 Å². The van der Waals surface area contributed by atoms with Crippen LogP contribution in [0.25, 0.3) is 0 Å². The first kappa shape index (κ1) is 20.5. The van der Waals surface area contributed by atoms with Crippen LogP contribution in [0, 0.1) is 10.1 Å². The Hall–Kier alpha value is -3.22. The van der Waals surface area contributed by atoms with E-state index in [1.807, 2.05) is 37.3 Å². The van der Waals surface area contributed by atoms with Crippen molar-refractivity contribution < 1.29 is 19.2 Å². The summed E-state index contributed by atoms with van der Waals surface area (Å²) in [6, 6.07) is 14.7. The summed E-state index contributed by atoms with van der Waals surface area (Å²) in [7, 11) is 0. The van der Waals surface area contributed by atoms with E-state index in [2.05, 4.69) is 0 Å². The lowest BCUT2D eigenvalue weighted by Crippen LogP contribution is -2.68. The van der Waals surface area contributed by atoms with Gasteiger partial charge in [-0.15, -0.1) is 0 Å². The molecule has 1 saturated heterocycles. The van der Waals surface area contributed by atoms with Gasteiger partial charge in [0.15, 0.2) is 0 Å². The van der Waals surface area contributed by atoms with Gasteiger partial charge in [-0.25, -0.2) is 9.69 Å². The molecule has 2 atom stereocenters. The minimum absolute atomic E-state index is 0.0509. The Kier molecular flexibility index (Phi) is 5.17. The van der Waals surface area contributed by atoms with E-state index in [1.54, 1.807) is 32.9 Å². The van der Waals surface area contributed by atoms with E-state index >= 15 is 0 Å². The van der Waals surface area contributed by atoms with Crippen molar-refractivity contribution in [3.05, 3.63) is 75.8 Å². The van der Waals surface area contributed by atoms with Crippen molar-refractivity contribution in [1.82, 2.24) is 4.90 Å². The molecular weight excluding hydrogens is 372 g/mol. The number of hydrogen-bond acceptors (Lipinski definition) is 5. The van der Waals surface area contributed by atoms with Crippen LogP contribution in [0.15, 0.2) is 54.6 Å². The number of ether oxygens (including phenoxy) is 1.